The zero-order valence-corrected chi connectivity index (χ0v) is 12.4. The Bertz CT molecular complexity index is 828. The lowest BCUT2D eigenvalue weighted by molar-refractivity contribution is -0.120. The van der Waals surface area contributed by atoms with Crippen LogP contribution in [-0.4, -0.2) is 21.9 Å². The summed E-state index contributed by atoms with van der Waals surface area (Å²) in [7, 11) is 0. The molecule has 1 aromatic carbocycles. The average molecular weight is 318 g/mol. The predicted molar refractivity (Wildman–Crippen MR) is 82.1 cm³/mol. The summed E-state index contributed by atoms with van der Waals surface area (Å²) in [4.78, 5) is 23.4. The quantitative estimate of drug-likeness (QED) is 0.659. The number of carbonyl (C=O) groups is 1. The number of nitriles is 1. The molecule has 2 N–H and O–H groups in total. The van der Waals surface area contributed by atoms with Crippen molar-refractivity contribution in [1.29, 1.82) is 5.26 Å². The Morgan fingerprint density at radius 1 is 1.59 bits per heavy atom. The highest BCUT2D eigenvalue weighted by atomic mass is 35.5. The van der Waals surface area contributed by atoms with Crippen LogP contribution >= 0.6 is 11.6 Å². The molecule has 112 valence electrons. The van der Waals surface area contributed by atoms with Gasteiger partial charge in [0, 0.05) is 10.7 Å². The van der Waals surface area contributed by atoms with E-state index in [0.29, 0.717) is 22.0 Å². The Morgan fingerprint density at radius 2 is 2.36 bits per heavy atom. The minimum absolute atomic E-state index is 0.295. The number of hydrogen-bond donors (Lipinski definition) is 2. The first kappa shape index (κ1) is 15.5. The zero-order valence-electron chi connectivity index (χ0n) is 11.6. The lowest BCUT2D eigenvalue weighted by Gasteiger charge is -2.01. The van der Waals surface area contributed by atoms with Crippen molar-refractivity contribution >= 4 is 23.7 Å². The van der Waals surface area contributed by atoms with Gasteiger partial charge in [0.05, 0.1) is 23.5 Å². The van der Waals surface area contributed by atoms with Crippen molar-refractivity contribution in [2.45, 2.75) is 13.3 Å². The first-order valence-corrected chi connectivity index (χ1v) is 6.67. The first-order chi connectivity index (χ1) is 10.5. The Labute approximate surface area is 130 Å². The Kier molecular flexibility index (Phi) is 4.76. The van der Waals surface area contributed by atoms with Crippen molar-refractivity contribution in [2.75, 3.05) is 0 Å². The molecular formula is C14H12ClN5O2. The van der Waals surface area contributed by atoms with Crippen LogP contribution in [0.2, 0.25) is 5.02 Å². The van der Waals surface area contributed by atoms with Gasteiger partial charge in [0.25, 0.3) is 11.5 Å². The molecule has 22 heavy (non-hydrogen) atoms. The molecule has 1 amide bonds. The maximum Gasteiger partial charge on any atom is 0.280 e. The fraction of sp³-hybridized carbons (Fsp3) is 0.143. The van der Waals surface area contributed by atoms with Crippen molar-refractivity contribution in [2.24, 2.45) is 5.10 Å². The van der Waals surface area contributed by atoms with Gasteiger partial charge in [0.2, 0.25) is 0 Å². The second kappa shape index (κ2) is 6.74. The van der Waals surface area contributed by atoms with Crippen LogP contribution in [0.3, 0.4) is 0 Å². The molecule has 1 aromatic heterocycles. The van der Waals surface area contributed by atoms with E-state index in [-0.39, 0.29) is 12.0 Å². The van der Waals surface area contributed by atoms with Gasteiger partial charge in [0.15, 0.2) is 0 Å². The molecule has 2 aromatic rings. The normalized spacial score (nSPS) is 10.6. The third-order valence-electron chi connectivity index (χ3n) is 2.81. The minimum atomic E-state index is -0.540. The van der Waals surface area contributed by atoms with Gasteiger partial charge in [-0.2, -0.15) is 10.4 Å². The molecular weight excluding hydrogens is 306 g/mol. The molecule has 0 unspecified atom stereocenters. The fourth-order valence-corrected chi connectivity index (χ4v) is 1.97. The number of nitrogens with zero attached hydrogens (tertiary/aromatic N) is 3. The Morgan fingerprint density at radius 3 is 3.05 bits per heavy atom. The highest BCUT2D eigenvalue weighted by molar-refractivity contribution is 6.30. The number of benzene rings is 1. The van der Waals surface area contributed by atoms with Gasteiger partial charge < -0.3 is 0 Å². The molecule has 0 aliphatic carbocycles. The topological polar surface area (TPSA) is 103 Å². The molecule has 0 spiro atoms. The zero-order chi connectivity index (χ0) is 16.1. The summed E-state index contributed by atoms with van der Waals surface area (Å²) in [5.74, 6) is -0.540. The van der Waals surface area contributed by atoms with Crippen molar-refractivity contribution in [3.05, 3.63) is 50.9 Å². The van der Waals surface area contributed by atoms with Crippen LogP contribution in [0.15, 0.2) is 34.2 Å². The molecule has 0 saturated heterocycles. The van der Waals surface area contributed by atoms with Crippen LogP contribution in [0, 0.1) is 18.3 Å². The van der Waals surface area contributed by atoms with Crippen molar-refractivity contribution in [3.8, 4) is 11.8 Å². The second-order valence-corrected chi connectivity index (χ2v) is 4.84. The molecule has 0 fully saturated rings. The van der Waals surface area contributed by atoms with Crippen LogP contribution in [0.4, 0.5) is 0 Å². The van der Waals surface area contributed by atoms with Crippen molar-refractivity contribution < 1.29 is 4.79 Å². The maximum atomic E-state index is 12.3. The molecule has 8 heteroatoms. The summed E-state index contributed by atoms with van der Waals surface area (Å²) in [6.07, 6.45) is 0.945. The van der Waals surface area contributed by atoms with Crippen molar-refractivity contribution in [3.63, 3.8) is 0 Å². The summed E-state index contributed by atoms with van der Waals surface area (Å²) >= 11 is 5.91. The molecule has 0 bridgehead atoms. The van der Waals surface area contributed by atoms with Gasteiger partial charge in [-0.3, -0.25) is 14.7 Å². The Hall–Kier alpha value is -2.85. The lowest BCUT2D eigenvalue weighted by Crippen LogP contribution is -2.19. The monoisotopic (exact) mass is 317 g/mol. The van der Waals surface area contributed by atoms with Crippen LogP contribution in [-0.2, 0) is 4.79 Å². The van der Waals surface area contributed by atoms with Crippen LogP contribution in [0.25, 0.3) is 5.69 Å². The molecule has 7 nitrogen and oxygen atoms in total. The van der Waals surface area contributed by atoms with Gasteiger partial charge in [-0.1, -0.05) is 17.7 Å². The summed E-state index contributed by atoms with van der Waals surface area (Å²) < 4.78 is 1.33. The third-order valence-corrected chi connectivity index (χ3v) is 3.04. The number of nitrogens with one attached hydrogen (secondary N) is 2. The van der Waals surface area contributed by atoms with Gasteiger partial charge >= 0.3 is 0 Å². The van der Waals surface area contributed by atoms with E-state index in [1.165, 1.54) is 10.9 Å². The molecule has 0 aliphatic heterocycles. The van der Waals surface area contributed by atoms with Gasteiger partial charge in [-0.25, -0.2) is 10.1 Å². The summed E-state index contributed by atoms with van der Waals surface area (Å²) in [6, 6.07) is 8.52. The number of H-pyrrole nitrogens is 1. The SMILES string of the molecule is Cc1[nH]n(-c2cccc(Cl)c2)c(=O)c1/C=N/NC(=O)CC#N. The molecule has 0 atom stereocenters. The highest BCUT2D eigenvalue weighted by Gasteiger charge is 2.11. The molecule has 0 aliphatic rings. The number of aryl methyl sites for hydroxylation is 1. The van der Waals surface area contributed by atoms with E-state index in [1.807, 2.05) is 0 Å². The van der Waals surface area contributed by atoms with Crippen LogP contribution in [0.5, 0.6) is 0 Å². The van der Waals surface area contributed by atoms with E-state index >= 15 is 0 Å². The van der Waals surface area contributed by atoms with E-state index in [9.17, 15) is 9.59 Å². The highest BCUT2D eigenvalue weighted by Crippen LogP contribution is 2.13. The van der Waals surface area contributed by atoms with Crippen LogP contribution < -0.4 is 11.0 Å². The standard InChI is InChI=1S/C14H12ClN5O2/c1-9-12(8-17-18-13(21)5-6-16)14(22)20(19-9)11-4-2-3-10(15)7-11/h2-4,7-8,19H,5H2,1H3,(H,18,21)/b17-8+. The lowest BCUT2D eigenvalue weighted by atomic mass is 10.3. The van der Waals surface area contributed by atoms with Gasteiger partial charge in [-0.15, -0.1) is 0 Å². The number of hydrogen-bond acceptors (Lipinski definition) is 4. The summed E-state index contributed by atoms with van der Waals surface area (Å²) in [5.41, 5.74) is 3.33. The smallest absolute Gasteiger partial charge is 0.280 e. The minimum Gasteiger partial charge on any atom is -0.295 e. The molecule has 0 saturated carbocycles. The van der Waals surface area contributed by atoms with Crippen molar-refractivity contribution in [1.82, 2.24) is 15.2 Å². The second-order valence-electron chi connectivity index (χ2n) is 4.40. The summed E-state index contributed by atoms with van der Waals surface area (Å²) in [5, 5.41) is 15.5. The third kappa shape index (κ3) is 3.42. The maximum absolute atomic E-state index is 12.3. The number of carbonyl (C=O) groups excluding carboxylic acids is 1. The molecule has 1 heterocycles. The number of amides is 1. The number of aromatic nitrogens is 2. The number of halogens is 1. The molecule has 2 rings (SSSR count). The fourth-order valence-electron chi connectivity index (χ4n) is 1.79. The van der Waals surface area contributed by atoms with E-state index in [4.69, 9.17) is 16.9 Å². The van der Waals surface area contributed by atoms with Gasteiger partial charge in [-0.05, 0) is 25.1 Å². The molecule has 0 radical (unpaired) electrons. The first-order valence-electron chi connectivity index (χ1n) is 6.29. The number of aromatic amines is 1. The number of hydrazone groups is 1. The van der Waals surface area contributed by atoms with E-state index in [0.717, 1.165) is 0 Å². The largest absolute Gasteiger partial charge is 0.295 e. The van der Waals surface area contributed by atoms with Crippen LogP contribution in [0.1, 0.15) is 17.7 Å². The van der Waals surface area contributed by atoms with Gasteiger partial charge in [0.1, 0.15) is 6.42 Å². The van der Waals surface area contributed by atoms with E-state index in [1.54, 1.807) is 37.3 Å². The number of rotatable bonds is 4. The predicted octanol–water partition coefficient (Wildman–Crippen LogP) is 1.49. The Balaban J connectivity index is 2.29. The van der Waals surface area contributed by atoms with E-state index < -0.39 is 5.91 Å². The summed E-state index contributed by atoms with van der Waals surface area (Å²) in [6.45, 7) is 1.71. The van der Waals surface area contributed by atoms with E-state index in [2.05, 4.69) is 15.6 Å². The average Bonchev–Trinajstić information content (AvgIpc) is 2.75.